The molecule has 0 aromatic heterocycles. The molecule has 3 heteroatoms. The van der Waals surface area contributed by atoms with Gasteiger partial charge in [0.25, 0.3) is 0 Å². The third-order valence-corrected chi connectivity index (χ3v) is 3.85. The highest BCUT2D eigenvalue weighted by Crippen LogP contribution is 2.36. The van der Waals surface area contributed by atoms with Gasteiger partial charge in [-0.3, -0.25) is 0 Å². The van der Waals surface area contributed by atoms with Crippen molar-refractivity contribution in [3.63, 3.8) is 0 Å². The van der Waals surface area contributed by atoms with Crippen molar-refractivity contribution in [2.75, 3.05) is 40.5 Å². The Morgan fingerprint density at radius 3 is 2.00 bits per heavy atom. The predicted octanol–water partition coefficient (Wildman–Crippen LogP) is 2.94. The summed E-state index contributed by atoms with van der Waals surface area (Å²) in [6, 6.07) is 8.53. The van der Waals surface area contributed by atoms with Crippen LogP contribution in [0.5, 0.6) is 5.75 Å². The molecule has 0 aliphatic carbocycles. The highest BCUT2D eigenvalue weighted by molar-refractivity contribution is 5.31. The van der Waals surface area contributed by atoms with Crippen LogP contribution in [0.2, 0.25) is 0 Å². The van der Waals surface area contributed by atoms with Crippen LogP contribution in [-0.2, 0) is 10.2 Å². The smallest absolute Gasteiger partial charge is 0.119 e. The fourth-order valence-corrected chi connectivity index (χ4v) is 3.03. The molecule has 0 bridgehead atoms. The average molecular weight is 323 g/mol. The largest absolute Gasteiger partial charge is 0.491 e. The van der Waals surface area contributed by atoms with Crippen LogP contribution in [0.4, 0.5) is 0 Å². The summed E-state index contributed by atoms with van der Waals surface area (Å²) in [6.45, 7) is 14.6. The number of quaternary nitrogens is 1. The van der Waals surface area contributed by atoms with Crippen molar-refractivity contribution in [1.29, 1.82) is 0 Å². The van der Waals surface area contributed by atoms with Crippen molar-refractivity contribution in [3.05, 3.63) is 29.8 Å². The molecule has 0 amide bonds. The molecule has 3 nitrogen and oxygen atoms in total. The summed E-state index contributed by atoms with van der Waals surface area (Å²) in [4.78, 5) is 1.40. The fraction of sp³-hybridized carbons (Fsp3) is 0.700. The van der Waals surface area contributed by atoms with Gasteiger partial charge >= 0.3 is 0 Å². The van der Waals surface area contributed by atoms with Crippen LogP contribution in [0.3, 0.4) is 0 Å². The topological polar surface area (TPSA) is 22.9 Å². The van der Waals surface area contributed by atoms with Crippen LogP contribution in [0.15, 0.2) is 24.3 Å². The summed E-state index contributed by atoms with van der Waals surface area (Å²) in [5, 5.41) is 0. The summed E-state index contributed by atoms with van der Waals surface area (Å²) in [5.41, 5.74) is 1.86. The summed E-state index contributed by atoms with van der Waals surface area (Å²) in [6.07, 6.45) is 1.15. The van der Waals surface area contributed by atoms with E-state index in [2.05, 4.69) is 73.0 Å². The van der Waals surface area contributed by atoms with Gasteiger partial charge in [-0.05, 0) is 34.9 Å². The van der Waals surface area contributed by atoms with Gasteiger partial charge in [-0.25, -0.2) is 0 Å². The normalized spacial score (nSPS) is 12.7. The van der Waals surface area contributed by atoms with Crippen molar-refractivity contribution in [3.8, 4) is 5.75 Å². The summed E-state index contributed by atoms with van der Waals surface area (Å²) in [5.74, 6) is 0.919. The van der Waals surface area contributed by atoms with E-state index in [4.69, 9.17) is 9.47 Å². The molecule has 0 aliphatic heterocycles. The molecule has 0 aliphatic rings. The SMILES string of the molecule is C[NH+](C)CCOCCOc1ccc(C(C)(C)CC(C)(C)C)cc1. The van der Waals surface area contributed by atoms with E-state index in [1.54, 1.807) is 0 Å². The minimum atomic E-state index is 0.175. The van der Waals surface area contributed by atoms with E-state index >= 15 is 0 Å². The minimum absolute atomic E-state index is 0.175. The van der Waals surface area contributed by atoms with Gasteiger partial charge in [-0.15, -0.1) is 0 Å². The Morgan fingerprint density at radius 2 is 1.48 bits per heavy atom. The Labute approximate surface area is 143 Å². The van der Waals surface area contributed by atoms with E-state index < -0.39 is 0 Å². The lowest BCUT2D eigenvalue weighted by atomic mass is 9.72. The molecule has 132 valence electrons. The molecule has 1 aromatic carbocycles. The van der Waals surface area contributed by atoms with Crippen LogP contribution in [-0.4, -0.2) is 40.5 Å². The van der Waals surface area contributed by atoms with Crippen molar-refractivity contribution in [2.45, 2.75) is 46.5 Å². The Morgan fingerprint density at radius 1 is 0.870 bits per heavy atom. The van der Waals surface area contributed by atoms with Crippen LogP contribution < -0.4 is 9.64 Å². The lowest BCUT2D eigenvalue weighted by Crippen LogP contribution is -3.06. The van der Waals surface area contributed by atoms with Crippen molar-refractivity contribution < 1.29 is 14.4 Å². The maximum absolute atomic E-state index is 5.75. The van der Waals surface area contributed by atoms with Gasteiger partial charge in [0.2, 0.25) is 0 Å². The first kappa shape index (κ1) is 20.0. The van der Waals surface area contributed by atoms with E-state index in [0.717, 1.165) is 25.3 Å². The van der Waals surface area contributed by atoms with E-state index in [1.807, 2.05) is 0 Å². The van der Waals surface area contributed by atoms with Crippen molar-refractivity contribution in [1.82, 2.24) is 0 Å². The number of hydrogen-bond donors (Lipinski definition) is 1. The number of likely N-dealkylation sites (N-methyl/N-ethyl adjacent to an activating group) is 1. The molecule has 1 aromatic rings. The first-order valence-electron chi connectivity index (χ1n) is 8.70. The maximum atomic E-state index is 5.75. The zero-order chi connectivity index (χ0) is 17.5. The molecule has 0 fully saturated rings. The molecule has 1 rings (SSSR count). The van der Waals surface area contributed by atoms with Crippen LogP contribution in [0.1, 0.15) is 46.6 Å². The highest BCUT2D eigenvalue weighted by Gasteiger charge is 2.27. The van der Waals surface area contributed by atoms with E-state index in [9.17, 15) is 0 Å². The van der Waals surface area contributed by atoms with Crippen molar-refractivity contribution in [2.24, 2.45) is 5.41 Å². The molecule has 23 heavy (non-hydrogen) atoms. The Kier molecular flexibility index (Phi) is 7.56. The Balaban J connectivity index is 2.41. The third-order valence-electron chi connectivity index (χ3n) is 3.85. The first-order chi connectivity index (χ1) is 10.6. The molecule has 1 N–H and O–H groups in total. The number of benzene rings is 1. The van der Waals surface area contributed by atoms with Gasteiger partial charge in [-0.2, -0.15) is 0 Å². The van der Waals surface area contributed by atoms with Gasteiger partial charge in [-0.1, -0.05) is 46.8 Å². The minimum Gasteiger partial charge on any atom is -0.491 e. The second-order valence-corrected chi connectivity index (χ2v) is 8.56. The summed E-state index contributed by atoms with van der Waals surface area (Å²) >= 11 is 0. The summed E-state index contributed by atoms with van der Waals surface area (Å²) in [7, 11) is 4.26. The highest BCUT2D eigenvalue weighted by atomic mass is 16.5. The number of nitrogens with one attached hydrogen (secondary N) is 1. The summed E-state index contributed by atoms with van der Waals surface area (Å²) < 4.78 is 11.3. The Bertz CT molecular complexity index is 444. The average Bonchev–Trinajstić information content (AvgIpc) is 2.40. The molecular weight excluding hydrogens is 286 g/mol. The van der Waals surface area contributed by atoms with Crippen LogP contribution >= 0.6 is 0 Å². The lowest BCUT2D eigenvalue weighted by Gasteiger charge is -2.33. The molecule has 0 unspecified atom stereocenters. The van der Waals surface area contributed by atoms with Crippen LogP contribution in [0.25, 0.3) is 0 Å². The number of rotatable bonds is 9. The first-order valence-corrected chi connectivity index (χ1v) is 8.70. The van der Waals surface area contributed by atoms with Crippen LogP contribution in [0, 0.1) is 5.41 Å². The molecule has 0 radical (unpaired) electrons. The fourth-order valence-electron chi connectivity index (χ4n) is 3.03. The predicted molar refractivity (Wildman–Crippen MR) is 97.5 cm³/mol. The molecular formula is C20H36NO2+. The Hall–Kier alpha value is -1.06. The van der Waals surface area contributed by atoms with Gasteiger partial charge in [0.15, 0.2) is 0 Å². The second-order valence-electron chi connectivity index (χ2n) is 8.56. The number of ether oxygens (including phenoxy) is 2. The quantitative estimate of drug-likeness (QED) is 0.707. The van der Waals surface area contributed by atoms with Gasteiger partial charge < -0.3 is 14.4 Å². The zero-order valence-electron chi connectivity index (χ0n) is 16.2. The monoisotopic (exact) mass is 322 g/mol. The molecule has 0 spiro atoms. The second kappa shape index (κ2) is 8.70. The molecule has 0 saturated carbocycles. The van der Waals surface area contributed by atoms with E-state index in [1.165, 1.54) is 10.5 Å². The third kappa shape index (κ3) is 8.38. The molecule has 0 atom stereocenters. The number of hydrogen-bond acceptors (Lipinski definition) is 2. The van der Waals surface area contributed by atoms with E-state index in [0.29, 0.717) is 18.6 Å². The maximum Gasteiger partial charge on any atom is 0.119 e. The van der Waals surface area contributed by atoms with Gasteiger partial charge in [0.1, 0.15) is 18.9 Å². The zero-order valence-corrected chi connectivity index (χ0v) is 16.2. The standard InChI is InChI=1S/C20H35NO2/c1-19(2,3)16-20(4,5)17-8-10-18(11-9-17)23-15-14-22-13-12-21(6)7/h8-11H,12-16H2,1-7H3/p+1. The lowest BCUT2D eigenvalue weighted by molar-refractivity contribution is -0.858. The van der Waals surface area contributed by atoms with Gasteiger partial charge in [0.05, 0.1) is 27.3 Å². The van der Waals surface area contributed by atoms with Crippen molar-refractivity contribution >= 4 is 0 Å². The molecule has 0 saturated heterocycles. The molecule has 0 heterocycles. The van der Waals surface area contributed by atoms with E-state index in [-0.39, 0.29) is 5.41 Å². The van der Waals surface area contributed by atoms with Gasteiger partial charge in [0, 0.05) is 0 Å².